The average Bonchev–Trinajstić information content (AvgIpc) is 3.50. The van der Waals surface area contributed by atoms with E-state index in [1.807, 2.05) is 19.6 Å². The lowest BCUT2D eigenvalue weighted by atomic mass is 9.86. The third-order valence-electron chi connectivity index (χ3n) is 8.33. The van der Waals surface area contributed by atoms with Gasteiger partial charge < -0.3 is 23.5 Å². The molecule has 2 aliphatic heterocycles. The Bertz CT molecular complexity index is 1590. The maximum Gasteiger partial charge on any atom is 0.145 e. The zero-order chi connectivity index (χ0) is 26.3. The van der Waals surface area contributed by atoms with Crippen molar-refractivity contribution in [2.24, 2.45) is 13.0 Å². The SMILES string of the molecule is Cc1ncn(C)c1-c1cnc2c3ccc(N4CCOCC4)nc3n([C@H](c3ccccc3)C3CCOCC3)c2c1. The highest BCUT2D eigenvalue weighted by Crippen LogP contribution is 2.41. The Morgan fingerprint density at radius 3 is 2.44 bits per heavy atom. The molecule has 0 N–H and O–H groups in total. The van der Waals surface area contributed by atoms with Crippen molar-refractivity contribution >= 4 is 27.9 Å². The summed E-state index contributed by atoms with van der Waals surface area (Å²) < 4.78 is 16.0. The summed E-state index contributed by atoms with van der Waals surface area (Å²) in [5, 5.41) is 1.09. The van der Waals surface area contributed by atoms with Gasteiger partial charge in [0.1, 0.15) is 11.5 Å². The summed E-state index contributed by atoms with van der Waals surface area (Å²) in [6.07, 6.45) is 5.88. The first kappa shape index (κ1) is 24.3. The molecular formula is C31H34N6O2. The van der Waals surface area contributed by atoms with Crippen LogP contribution in [0, 0.1) is 12.8 Å². The Hall–Kier alpha value is -3.75. The van der Waals surface area contributed by atoms with Gasteiger partial charge in [-0.1, -0.05) is 30.3 Å². The number of pyridine rings is 2. The van der Waals surface area contributed by atoms with E-state index in [-0.39, 0.29) is 6.04 Å². The molecule has 2 saturated heterocycles. The monoisotopic (exact) mass is 522 g/mol. The minimum atomic E-state index is 0.118. The fourth-order valence-electron chi connectivity index (χ4n) is 6.42. The molecule has 6 heterocycles. The Morgan fingerprint density at radius 1 is 0.923 bits per heavy atom. The molecule has 0 spiro atoms. The number of hydrogen-bond donors (Lipinski definition) is 0. The largest absolute Gasteiger partial charge is 0.381 e. The van der Waals surface area contributed by atoms with E-state index in [1.54, 1.807) is 0 Å². The van der Waals surface area contributed by atoms with Gasteiger partial charge >= 0.3 is 0 Å². The van der Waals surface area contributed by atoms with Crippen LogP contribution in [0.15, 0.2) is 61.1 Å². The van der Waals surface area contributed by atoms with Crippen LogP contribution >= 0.6 is 0 Å². The quantitative estimate of drug-likeness (QED) is 0.318. The highest BCUT2D eigenvalue weighted by Gasteiger charge is 2.31. The molecule has 0 amide bonds. The minimum absolute atomic E-state index is 0.118. The highest BCUT2D eigenvalue weighted by atomic mass is 16.5. The summed E-state index contributed by atoms with van der Waals surface area (Å²) in [7, 11) is 2.04. The molecule has 0 aliphatic carbocycles. The van der Waals surface area contributed by atoms with Crippen LogP contribution in [-0.2, 0) is 16.5 Å². The second-order valence-corrected chi connectivity index (χ2v) is 10.7. The number of ether oxygens (including phenoxy) is 2. The van der Waals surface area contributed by atoms with E-state index in [4.69, 9.17) is 19.4 Å². The Balaban J connectivity index is 1.51. The van der Waals surface area contributed by atoms with Gasteiger partial charge in [-0.3, -0.25) is 4.98 Å². The third-order valence-corrected chi connectivity index (χ3v) is 8.33. The van der Waals surface area contributed by atoms with E-state index in [9.17, 15) is 0 Å². The van der Waals surface area contributed by atoms with Crippen LogP contribution in [0.25, 0.3) is 33.3 Å². The fraction of sp³-hybridized carbons (Fsp3) is 0.387. The number of anilines is 1. The number of hydrogen-bond acceptors (Lipinski definition) is 6. The van der Waals surface area contributed by atoms with Crippen LogP contribution in [0.5, 0.6) is 0 Å². The van der Waals surface area contributed by atoms with Gasteiger partial charge in [0.05, 0.1) is 48.0 Å². The van der Waals surface area contributed by atoms with E-state index in [0.29, 0.717) is 5.92 Å². The van der Waals surface area contributed by atoms with Crippen molar-refractivity contribution in [1.29, 1.82) is 0 Å². The van der Waals surface area contributed by atoms with E-state index < -0.39 is 0 Å². The molecule has 0 unspecified atom stereocenters. The summed E-state index contributed by atoms with van der Waals surface area (Å²) in [5.74, 6) is 1.42. The predicted octanol–water partition coefficient (Wildman–Crippen LogP) is 5.15. The molecule has 39 heavy (non-hydrogen) atoms. The molecule has 7 rings (SSSR count). The van der Waals surface area contributed by atoms with Crippen molar-refractivity contribution in [2.45, 2.75) is 25.8 Å². The number of morpholine rings is 1. The van der Waals surface area contributed by atoms with Gasteiger partial charge in [0.25, 0.3) is 0 Å². The van der Waals surface area contributed by atoms with E-state index in [2.05, 4.69) is 74.5 Å². The lowest BCUT2D eigenvalue weighted by Crippen LogP contribution is -2.36. The van der Waals surface area contributed by atoms with Gasteiger partial charge in [-0.25, -0.2) is 9.97 Å². The van der Waals surface area contributed by atoms with Crippen molar-refractivity contribution < 1.29 is 9.47 Å². The van der Waals surface area contributed by atoms with Crippen molar-refractivity contribution in [1.82, 2.24) is 24.1 Å². The summed E-state index contributed by atoms with van der Waals surface area (Å²) in [6.45, 7) is 6.79. The molecule has 0 bridgehead atoms. The highest BCUT2D eigenvalue weighted by molar-refractivity contribution is 6.05. The van der Waals surface area contributed by atoms with Gasteiger partial charge in [0, 0.05) is 50.5 Å². The molecule has 1 atom stereocenters. The van der Waals surface area contributed by atoms with Crippen molar-refractivity contribution in [3.8, 4) is 11.3 Å². The number of benzene rings is 1. The van der Waals surface area contributed by atoms with E-state index >= 15 is 0 Å². The van der Waals surface area contributed by atoms with Crippen LogP contribution in [-0.4, -0.2) is 63.6 Å². The smallest absolute Gasteiger partial charge is 0.145 e. The van der Waals surface area contributed by atoms with Crippen LogP contribution in [0.3, 0.4) is 0 Å². The predicted molar refractivity (Wildman–Crippen MR) is 153 cm³/mol. The van der Waals surface area contributed by atoms with Gasteiger partial charge in [-0.05, 0) is 49.4 Å². The van der Waals surface area contributed by atoms with Gasteiger partial charge in [-0.2, -0.15) is 0 Å². The number of nitrogens with zero attached hydrogens (tertiary/aromatic N) is 6. The molecule has 0 radical (unpaired) electrons. The summed E-state index contributed by atoms with van der Waals surface area (Å²) in [4.78, 5) is 17.3. The molecule has 2 fully saturated rings. The first-order chi connectivity index (χ1) is 19.2. The van der Waals surface area contributed by atoms with Gasteiger partial charge in [-0.15, -0.1) is 0 Å². The Labute approximate surface area is 228 Å². The normalized spacial score (nSPS) is 17.7. The van der Waals surface area contributed by atoms with Crippen LogP contribution < -0.4 is 4.90 Å². The molecule has 8 nitrogen and oxygen atoms in total. The molecule has 5 aromatic rings. The third kappa shape index (κ3) is 4.28. The molecule has 1 aromatic carbocycles. The lowest BCUT2D eigenvalue weighted by molar-refractivity contribution is 0.0552. The second-order valence-electron chi connectivity index (χ2n) is 10.7. The van der Waals surface area contributed by atoms with E-state index in [0.717, 1.165) is 97.2 Å². The zero-order valence-electron chi connectivity index (χ0n) is 22.6. The fourth-order valence-corrected chi connectivity index (χ4v) is 6.42. The Morgan fingerprint density at radius 2 is 1.69 bits per heavy atom. The number of imidazole rings is 1. The minimum Gasteiger partial charge on any atom is -0.381 e. The number of fused-ring (bicyclic) bond motifs is 3. The average molecular weight is 523 g/mol. The Kier molecular flexibility index (Phi) is 6.29. The van der Waals surface area contributed by atoms with Crippen molar-refractivity contribution in [3.63, 3.8) is 0 Å². The number of aryl methyl sites for hydroxylation is 2. The summed E-state index contributed by atoms with van der Waals surface area (Å²) >= 11 is 0. The molecule has 0 saturated carbocycles. The number of rotatable bonds is 5. The van der Waals surface area contributed by atoms with Crippen LogP contribution in [0.2, 0.25) is 0 Å². The molecule has 8 heteroatoms. The standard InChI is InChI=1S/C31H34N6O2/c1-21-29(35(2)20-33-21)24-18-26-28(32-19-24)25-8-9-27(36-12-16-39-17-13-36)34-31(25)37(26)30(22-6-4-3-5-7-22)23-10-14-38-15-11-23/h3-9,18-20,23,30H,10-17H2,1-2H3/t30-/m1/s1. The number of aromatic nitrogens is 5. The van der Waals surface area contributed by atoms with Crippen LogP contribution in [0.1, 0.15) is 30.1 Å². The zero-order valence-corrected chi connectivity index (χ0v) is 22.6. The van der Waals surface area contributed by atoms with Crippen LogP contribution in [0.4, 0.5) is 5.82 Å². The second kappa shape index (κ2) is 10.1. The van der Waals surface area contributed by atoms with Gasteiger partial charge in [0.2, 0.25) is 0 Å². The van der Waals surface area contributed by atoms with Gasteiger partial charge in [0.15, 0.2) is 0 Å². The molecular weight excluding hydrogens is 488 g/mol. The van der Waals surface area contributed by atoms with E-state index in [1.165, 1.54) is 5.56 Å². The lowest BCUT2D eigenvalue weighted by Gasteiger charge is -2.33. The van der Waals surface area contributed by atoms with Crippen molar-refractivity contribution in [2.75, 3.05) is 44.4 Å². The first-order valence-corrected chi connectivity index (χ1v) is 13.9. The van der Waals surface area contributed by atoms with Crippen molar-refractivity contribution in [3.05, 3.63) is 72.3 Å². The molecule has 200 valence electrons. The molecule has 4 aromatic heterocycles. The maximum absolute atomic E-state index is 5.81. The summed E-state index contributed by atoms with van der Waals surface area (Å²) in [5.41, 5.74) is 7.53. The summed E-state index contributed by atoms with van der Waals surface area (Å²) in [6, 6.07) is 17.7. The topological polar surface area (TPSA) is 70.2 Å². The molecule has 2 aliphatic rings. The maximum atomic E-state index is 5.81. The first-order valence-electron chi connectivity index (χ1n) is 13.9.